The second-order valence-corrected chi connectivity index (χ2v) is 6.09. The molecule has 0 fully saturated rings. The zero-order valence-electron chi connectivity index (χ0n) is 12.4. The molecule has 0 radical (unpaired) electrons. The molecule has 2 aromatic carbocycles. The third kappa shape index (κ3) is 3.94. The van der Waals surface area contributed by atoms with E-state index in [1.165, 1.54) is 16.3 Å². The fraction of sp³-hybridized carbons (Fsp3) is 0.118. The van der Waals surface area contributed by atoms with Crippen molar-refractivity contribution in [1.29, 1.82) is 0 Å². The Morgan fingerprint density at radius 1 is 1.13 bits per heavy atom. The molecule has 0 amide bonds. The first-order valence-corrected chi connectivity index (χ1v) is 8.05. The van der Waals surface area contributed by atoms with E-state index >= 15 is 0 Å². The lowest BCUT2D eigenvalue weighted by molar-refractivity contribution is 0.388. The summed E-state index contributed by atoms with van der Waals surface area (Å²) in [5.41, 5.74) is 9.52. The van der Waals surface area contributed by atoms with Crippen molar-refractivity contribution in [1.82, 2.24) is 15.3 Å². The smallest absolute Gasteiger partial charge is 0.183 e. The van der Waals surface area contributed by atoms with Crippen LogP contribution in [0.5, 0.6) is 0 Å². The van der Waals surface area contributed by atoms with Gasteiger partial charge in [-0.25, -0.2) is 0 Å². The average Bonchev–Trinajstić information content (AvgIpc) is 2.53. The van der Waals surface area contributed by atoms with E-state index in [0.29, 0.717) is 5.16 Å². The van der Waals surface area contributed by atoms with Crippen molar-refractivity contribution in [3.63, 3.8) is 0 Å². The van der Waals surface area contributed by atoms with Gasteiger partial charge in [0.25, 0.3) is 0 Å². The quantitative estimate of drug-likeness (QED) is 0.658. The third-order valence-corrected chi connectivity index (χ3v) is 4.03. The van der Waals surface area contributed by atoms with E-state index in [-0.39, 0.29) is 5.11 Å². The Morgan fingerprint density at radius 3 is 2.65 bits per heavy atom. The van der Waals surface area contributed by atoms with Crippen LogP contribution in [0.3, 0.4) is 0 Å². The first-order valence-electron chi connectivity index (χ1n) is 7.26. The van der Waals surface area contributed by atoms with Crippen molar-refractivity contribution >= 4 is 39.7 Å². The molecule has 0 aliphatic carbocycles. The Balaban J connectivity index is 1.64. The molecule has 0 aromatic heterocycles. The fourth-order valence-electron chi connectivity index (χ4n) is 2.48. The standard InChI is InChI=1S/C17H17ClN4S/c18-16-12-22(20-17(19)23)10-9-21(16)8-7-13-5-6-14-3-1-2-4-15(14)11-13/h1-6,9-12H,7-8H2,(H3,19,20,23). The van der Waals surface area contributed by atoms with Crippen molar-refractivity contribution in [3.8, 4) is 0 Å². The minimum Gasteiger partial charge on any atom is -0.375 e. The molecule has 1 aliphatic rings. The monoisotopic (exact) mass is 344 g/mol. The molecule has 6 heteroatoms. The van der Waals surface area contributed by atoms with E-state index in [2.05, 4.69) is 47.9 Å². The minimum atomic E-state index is 0.194. The van der Waals surface area contributed by atoms with Crippen molar-refractivity contribution in [2.45, 2.75) is 6.42 Å². The van der Waals surface area contributed by atoms with Crippen LogP contribution < -0.4 is 11.2 Å². The van der Waals surface area contributed by atoms with Gasteiger partial charge in [0.05, 0.1) is 6.20 Å². The summed E-state index contributed by atoms with van der Waals surface area (Å²) < 4.78 is 0. The highest BCUT2D eigenvalue weighted by molar-refractivity contribution is 7.80. The maximum absolute atomic E-state index is 6.29. The molecule has 3 rings (SSSR count). The molecule has 118 valence electrons. The van der Waals surface area contributed by atoms with Crippen molar-refractivity contribution in [2.75, 3.05) is 6.54 Å². The van der Waals surface area contributed by atoms with Crippen LogP contribution in [0.15, 0.2) is 66.2 Å². The molecule has 0 saturated heterocycles. The van der Waals surface area contributed by atoms with Gasteiger partial charge in [0.15, 0.2) is 5.11 Å². The lowest BCUT2D eigenvalue weighted by atomic mass is 10.1. The summed E-state index contributed by atoms with van der Waals surface area (Å²) in [5, 5.41) is 4.95. The van der Waals surface area contributed by atoms with E-state index < -0.39 is 0 Å². The van der Waals surface area contributed by atoms with Gasteiger partial charge in [-0.2, -0.15) is 0 Å². The first-order chi connectivity index (χ1) is 11.1. The second kappa shape index (κ2) is 6.89. The lowest BCUT2D eigenvalue weighted by Gasteiger charge is -2.28. The van der Waals surface area contributed by atoms with Gasteiger partial charge in [0, 0.05) is 18.9 Å². The van der Waals surface area contributed by atoms with Crippen molar-refractivity contribution < 1.29 is 0 Å². The summed E-state index contributed by atoms with van der Waals surface area (Å²) in [7, 11) is 0. The number of fused-ring (bicyclic) bond motifs is 1. The van der Waals surface area contributed by atoms with E-state index in [9.17, 15) is 0 Å². The number of rotatable bonds is 4. The van der Waals surface area contributed by atoms with Crippen LogP contribution in [-0.4, -0.2) is 21.6 Å². The molecule has 0 saturated carbocycles. The Hall–Kier alpha value is -2.24. The molecular weight excluding hydrogens is 328 g/mol. The second-order valence-electron chi connectivity index (χ2n) is 5.26. The molecule has 0 spiro atoms. The first kappa shape index (κ1) is 15.6. The third-order valence-electron chi connectivity index (χ3n) is 3.62. The predicted octanol–water partition coefficient (Wildman–Crippen LogP) is 3.26. The van der Waals surface area contributed by atoms with Crippen LogP contribution in [0.4, 0.5) is 0 Å². The average molecular weight is 345 g/mol. The van der Waals surface area contributed by atoms with Crippen LogP contribution >= 0.6 is 23.8 Å². The van der Waals surface area contributed by atoms with Crippen LogP contribution in [0.1, 0.15) is 5.56 Å². The number of nitrogens with one attached hydrogen (secondary N) is 1. The predicted molar refractivity (Wildman–Crippen MR) is 99.2 cm³/mol. The van der Waals surface area contributed by atoms with E-state index in [0.717, 1.165) is 13.0 Å². The normalized spacial score (nSPS) is 14.0. The molecule has 1 aliphatic heterocycles. The highest BCUT2D eigenvalue weighted by Crippen LogP contribution is 2.19. The minimum absolute atomic E-state index is 0.194. The zero-order chi connectivity index (χ0) is 16.2. The van der Waals surface area contributed by atoms with Gasteiger partial charge in [-0.3, -0.25) is 10.4 Å². The highest BCUT2D eigenvalue weighted by Gasteiger charge is 2.11. The zero-order valence-corrected chi connectivity index (χ0v) is 14.0. The number of nitrogens with two attached hydrogens (primary N) is 1. The molecule has 0 bridgehead atoms. The van der Waals surface area contributed by atoms with Gasteiger partial charge in [0.2, 0.25) is 0 Å². The van der Waals surface area contributed by atoms with Gasteiger partial charge < -0.3 is 10.6 Å². The van der Waals surface area contributed by atoms with Gasteiger partial charge in [-0.1, -0.05) is 54.1 Å². The number of hydrogen-bond donors (Lipinski definition) is 2. The Labute approximate surface area is 145 Å². The molecule has 0 unspecified atom stereocenters. The SMILES string of the molecule is NC(=S)NN1C=CN(CCc2ccc3ccccc3c2)C(Cl)=C1. The van der Waals surface area contributed by atoms with Gasteiger partial charge >= 0.3 is 0 Å². The molecule has 2 aromatic rings. The van der Waals surface area contributed by atoms with Crippen molar-refractivity contribution in [2.24, 2.45) is 5.73 Å². The van der Waals surface area contributed by atoms with E-state index in [1.807, 2.05) is 17.3 Å². The maximum atomic E-state index is 6.29. The molecule has 23 heavy (non-hydrogen) atoms. The van der Waals surface area contributed by atoms with Gasteiger partial charge in [-0.15, -0.1) is 0 Å². The fourth-order valence-corrected chi connectivity index (χ4v) is 2.83. The van der Waals surface area contributed by atoms with Crippen LogP contribution in [0, 0.1) is 0 Å². The molecular formula is C17H17ClN4S. The highest BCUT2D eigenvalue weighted by atomic mass is 35.5. The van der Waals surface area contributed by atoms with E-state index in [1.54, 1.807) is 11.2 Å². The molecule has 0 atom stereocenters. The number of benzene rings is 2. The van der Waals surface area contributed by atoms with Gasteiger partial charge in [0.1, 0.15) is 5.16 Å². The van der Waals surface area contributed by atoms with Crippen LogP contribution in [0.2, 0.25) is 0 Å². The summed E-state index contributed by atoms with van der Waals surface area (Å²) in [6.45, 7) is 0.797. The van der Waals surface area contributed by atoms with E-state index in [4.69, 9.17) is 29.6 Å². The Morgan fingerprint density at radius 2 is 1.91 bits per heavy atom. The lowest BCUT2D eigenvalue weighted by Crippen LogP contribution is -2.40. The molecule has 3 N–H and O–H groups in total. The summed E-state index contributed by atoms with van der Waals surface area (Å²) in [5.74, 6) is 0. The Kier molecular flexibility index (Phi) is 4.69. The maximum Gasteiger partial charge on any atom is 0.183 e. The number of halogens is 1. The summed E-state index contributed by atoms with van der Waals surface area (Å²) in [4.78, 5) is 1.98. The number of thiocarbonyl (C=S) groups is 1. The summed E-state index contributed by atoms with van der Waals surface area (Å²) >= 11 is 11.1. The summed E-state index contributed by atoms with van der Waals surface area (Å²) in [6.07, 6.45) is 6.36. The largest absolute Gasteiger partial charge is 0.375 e. The molecule has 4 nitrogen and oxygen atoms in total. The Bertz CT molecular complexity index is 787. The topological polar surface area (TPSA) is 44.5 Å². The number of hydrogen-bond acceptors (Lipinski definition) is 3. The number of hydrazine groups is 1. The summed E-state index contributed by atoms with van der Waals surface area (Å²) in [6, 6.07) is 14.9. The number of nitrogens with zero attached hydrogens (tertiary/aromatic N) is 2. The van der Waals surface area contributed by atoms with Crippen LogP contribution in [-0.2, 0) is 6.42 Å². The van der Waals surface area contributed by atoms with Crippen molar-refractivity contribution in [3.05, 3.63) is 71.8 Å². The van der Waals surface area contributed by atoms with Gasteiger partial charge in [-0.05, 0) is 35.0 Å². The molecule has 1 heterocycles. The van der Waals surface area contributed by atoms with Crippen LogP contribution in [0.25, 0.3) is 10.8 Å².